The van der Waals surface area contributed by atoms with Crippen LogP contribution in [0.4, 0.5) is 5.82 Å². The Morgan fingerprint density at radius 2 is 1.66 bits per heavy atom. The Morgan fingerprint density at radius 3 is 2.26 bits per heavy atom. The number of anilines is 1. The lowest BCUT2D eigenvalue weighted by molar-refractivity contribution is -0.117. The SMILES string of the molecule is COCCN(CC(=O)Nc1cc(C(C)(C)C)nn1-c1ccc(C)cc1C)C(=O)c1ccc(C)cc1. The van der Waals surface area contributed by atoms with Crippen molar-refractivity contribution < 1.29 is 14.3 Å². The Bertz CT molecular complexity index is 1190. The van der Waals surface area contributed by atoms with Crippen molar-refractivity contribution in [3.63, 3.8) is 0 Å². The first-order valence-corrected chi connectivity index (χ1v) is 11.8. The molecule has 1 heterocycles. The minimum Gasteiger partial charge on any atom is -0.383 e. The predicted octanol–water partition coefficient (Wildman–Crippen LogP) is 4.82. The summed E-state index contributed by atoms with van der Waals surface area (Å²) in [7, 11) is 1.57. The second-order valence-electron chi connectivity index (χ2n) is 10.0. The molecule has 0 atom stereocenters. The molecule has 2 amide bonds. The summed E-state index contributed by atoms with van der Waals surface area (Å²) in [5.74, 6) is 0.0600. The zero-order chi connectivity index (χ0) is 25.8. The van der Waals surface area contributed by atoms with E-state index in [-0.39, 0.29) is 23.8 Å². The van der Waals surface area contributed by atoms with Gasteiger partial charge in [-0.1, -0.05) is 56.2 Å². The number of nitrogens with zero attached hydrogens (tertiary/aromatic N) is 3. The maximum atomic E-state index is 13.2. The molecule has 0 aliphatic carbocycles. The lowest BCUT2D eigenvalue weighted by Crippen LogP contribution is -2.40. The summed E-state index contributed by atoms with van der Waals surface area (Å²) in [6.45, 7) is 12.8. The molecule has 0 bridgehead atoms. The van der Waals surface area contributed by atoms with Crippen LogP contribution < -0.4 is 5.32 Å². The lowest BCUT2D eigenvalue weighted by Gasteiger charge is -2.22. The molecule has 1 N–H and O–H groups in total. The number of ether oxygens (including phenoxy) is 1. The Kier molecular flexibility index (Phi) is 8.12. The fourth-order valence-corrected chi connectivity index (χ4v) is 3.75. The first kappa shape index (κ1) is 26.2. The van der Waals surface area contributed by atoms with E-state index in [9.17, 15) is 9.59 Å². The van der Waals surface area contributed by atoms with Gasteiger partial charge in [0.05, 0.1) is 18.0 Å². The summed E-state index contributed by atoms with van der Waals surface area (Å²) < 4.78 is 6.95. The van der Waals surface area contributed by atoms with Gasteiger partial charge < -0.3 is 15.0 Å². The van der Waals surface area contributed by atoms with Crippen LogP contribution in [0.25, 0.3) is 5.69 Å². The van der Waals surface area contributed by atoms with Gasteiger partial charge in [0.15, 0.2) is 0 Å². The van der Waals surface area contributed by atoms with E-state index < -0.39 is 0 Å². The molecule has 0 radical (unpaired) electrons. The van der Waals surface area contributed by atoms with Crippen LogP contribution in [0.2, 0.25) is 0 Å². The number of aryl methyl sites for hydroxylation is 3. The first-order chi connectivity index (χ1) is 16.5. The largest absolute Gasteiger partial charge is 0.383 e. The summed E-state index contributed by atoms with van der Waals surface area (Å²) in [5, 5.41) is 7.81. The van der Waals surface area contributed by atoms with Gasteiger partial charge in [0.2, 0.25) is 5.91 Å². The van der Waals surface area contributed by atoms with Crippen molar-refractivity contribution in [3.8, 4) is 5.69 Å². The molecular weight excluding hydrogens is 440 g/mol. The number of nitrogens with one attached hydrogen (secondary N) is 1. The van der Waals surface area contributed by atoms with Crippen molar-refractivity contribution in [1.29, 1.82) is 0 Å². The highest BCUT2D eigenvalue weighted by Crippen LogP contribution is 2.27. The van der Waals surface area contributed by atoms with E-state index in [0.717, 1.165) is 28.1 Å². The highest BCUT2D eigenvalue weighted by atomic mass is 16.5. The van der Waals surface area contributed by atoms with Gasteiger partial charge in [-0.25, -0.2) is 4.68 Å². The van der Waals surface area contributed by atoms with Crippen molar-refractivity contribution in [2.45, 2.75) is 47.0 Å². The summed E-state index contributed by atoms with van der Waals surface area (Å²) in [4.78, 5) is 27.8. The number of carbonyl (C=O) groups is 2. The average molecular weight is 477 g/mol. The van der Waals surface area contributed by atoms with Gasteiger partial charge in [0.1, 0.15) is 12.4 Å². The second kappa shape index (κ2) is 10.9. The molecule has 2 aromatic carbocycles. The van der Waals surface area contributed by atoms with Gasteiger partial charge in [-0.3, -0.25) is 9.59 Å². The minimum absolute atomic E-state index is 0.0982. The molecule has 0 aliphatic rings. The van der Waals surface area contributed by atoms with Gasteiger partial charge >= 0.3 is 0 Å². The number of carbonyl (C=O) groups excluding carboxylic acids is 2. The molecule has 0 saturated heterocycles. The van der Waals surface area contributed by atoms with Gasteiger partial charge in [0, 0.05) is 30.7 Å². The first-order valence-electron chi connectivity index (χ1n) is 11.8. The highest BCUT2D eigenvalue weighted by Gasteiger charge is 2.24. The van der Waals surface area contributed by atoms with Crippen molar-refractivity contribution in [2.75, 3.05) is 32.1 Å². The summed E-state index contributed by atoms with van der Waals surface area (Å²) >= 11 is 0. The molecule has 3 rings (SSSR count). The van der Waals surface area contributed by atoms with Crippen LogP contribution in [0.15, 0.2) is 48.5 Å². The predicted molar refractivity (Wildman–Crippen MR) is 139 cm³/mol. The molecule has 186 valence electrons. The Balaban J connectivity index is 1.88. The van der Waals surface area contributed by atoms with Crippen LogP contribution in [0.3, 0.4) is 0 Å². The van der Waals surface area contributed by atoms with E-state index in [1.807, 2.05) is 51.1 Å². The quantitative estimate of drug-likeness (QED) is 0.506. The third-order valence-electron chi connectivity index (χ3n) is 5.81. The molecular formula is C28H36N4O3. The van der Waals surface area contributed by atoms with Crippen molar-refractivity contribution in [3.05, 3.63) is 76.5 Å². The normalized spacial score (nSPS) is 11.4. The van der Waals surface area contributed by atoms with E-state index in [4.69, 9.17) is 9.84 Å². The van der Waals surface area contributed by atoms with Crippen LogP contribution in [-0.4, -0.2) is 53.3 Å². The van der Waals surface area contributed by atoms with E-state index in [2.05, 4.69) is 32.2 Å². The van der Waals surface area contributed by atoms with E-state index >= 15 is 0 Å². The van der Waals surface area contributed by atoms with Gasteiger partial charge in [-0.2, -0.15) is 5.10 Å². The van der Waals surface area contributed by atoms with Crippen molar-refractivity contribution in [1.82, 2.24) is 14.7 Å². The maximum absolute atomic E-state index is 13.2. The summed E-state index contributed by atoms with van der Waals surface area (Å²) in [6.07, 6.45) is 0. The number of benzene rings is 2. The number of hydrogen-bond acceptors (Lipinski definition) is 4. The molecule has 0 unspecified atom stereocenters. The molecule has 0 spiro atoms. The number of methoxy groups -OCH3 is 1. The van der Waals surface area contributed by atoms with Gasteiger partial charge in [-0.05, 0) is 44.5 Å². The van der Waals surface area contributed by atoms with Crippen LogP contribution >= 0.6 is 0 Å². The van der Waals surface area contributed by atoms with Gasteiger partial charge in [-0.15, -0.1) is 0 Å². The fraction of sp³-hybridized carbons (Fsp3) is 0.393. The molecule has 0 saturated carbocycles. The highest BCUT2D eigenvalue weighted by molar-refractivity contribution is 5.99. The zero-order valence-corrected chi connectivity index (χ0v) is 21.8. The zero-order valence-electron chi connectivity index (χ0n) is 21.8. The minimum atomic E-state index is -0.298. The number of aromatic nitrogens is 2. The number of rotatable bonds is 8. The molecule has 7 nitrogen and oxygen atoms in total. The van der Waals surface area contributed by atoms with Crippen LogP contribution in [0.5, 0.6) is 0 Å². The fourth-order valence-electron chi connectivity index (χ4n) is 3.75. The monoisotopic (exact) mass is 476 g/mol. The Morgan fingerprint density at radius 1 is 1.00 bits per heavy atom. The van der Waals surface area contributed by atoms with E-state index in [1.54, 1.807) is 23.9 Å². The Hall–Kier alpha value is -3.45. The molecule has 3 aromatic rings. The van der Waals surface area contributed by atoms with Crippen molar-refractivity contribution in [2.24, 2.45) is 0 Å². The molecule has 1 aromatic heterocycles. The molecule has 35 heavy (non-hydrogen) atoms. The standard InChI is InChI=1S/C28H36N4O3/c1-19-8-11-22(12-9-19)27(34)31(14-15-35-7)18-26(33)29-25-17-24(28(4,5)6)30-32(25)23-13-10-20(2)16-21(23)3/h8-13,16-17H,14-15,18H2,1-7H3,(H,29,33). The number of hydrogen-bond donors (Lipinski definition) is 1. The topological polar surface area (TPSA) is 76.5 Å². The van der Waals surface area contributed by atoms with E-state index in [0.29, 0.717) is 24.5 Å². The van der Waals surface area contributed by atoms with Crippen LogP contribution in [0.1, 0.15) is 53.5 Å². The molecule has 7 heteroatoms. The Labute approximate surface area is 208 Å². The average Bonchev–Trinajstić information content (AvgIpc) is 3.20. The second-order valence-corrected chi connectivity index (χ2v) is 10.0. The molecule has 0 fully saturated rings. The lowest BCUT2D eigenvalue weighted by atomic mass is 9.92. The smallest absolute Gasteiger partial charge is 0.254 e. The maximum Gasteiger partial charge on any atom is 0.254 e. The third-order valence-corrected chi connectivity index (χ3v) is 5.81. The van der Waals surface area contributed by atoms with Gasteiger partial charge in [0.25, 0.3) is 5.91 Å². The van der Waals surface area contributed by atoms with E-state index in [1.165, 1.54) is 4.90 Å². The third kappa shape index (κ3) is 6.57. The summed E-state index contributed by atoms with van der Waals surface area (Å²) in [5.41, 5.74) is 5.37. The number of amides is 2. The molecule has 0 aliphatic heterocycles. The van der Waals surface area contributed by atoms with Crippen LogP contribution in [-0.2, 0) is 14.9 Å². The van der Waals surface area contributed by atoms with Crippen LogP contribution in [0, 0.1) is 20.8 Å². The summed E-state index contributed by atoms with van der Waals surface area (Å²) in [6, 6.07) is 15.4. The van der Waals surface area contributed by atoms with Crippen molar-refractivity contribution >= 4 is 17.6 Å².